The lowest BCUT2D eigenvalue weighted by atomic mass is 10.0. The molecule has 0 bridgehead atoms. The Kier molecular flexibility index (Phi) is 5.09. The Bertz CT molecular complexity index is 138. The Labute approximate surface area is 84.7 Å². The van der Waals surface area contributed by atoms with Gasteiger partial charge in [-0.1, -0.05) is 0 Å². The lowest BCUT2D eigenvalue weighted by Crippen LogP contribution is -2.44. The van der Waals surface area contributed by atoms with Crippen molar-refractivity contribution in [3.63, 3.8) is 0 Å². The molecule has 13 heavy (non-hydrogen) atoms. The summed E-state index contributed by atoms with van der Waals surface area (Å²) in [7, 11) is 0. The molecule has 1 saturated heterocycles. The summed E-state index contributed by atoms with van der Waals surface area (Å²) >= 11 is 2.01. The number of nitrogens with one attached hydrogen (secondary N) is 1. The van der Waals surface area contributed by atoms with Crippen molar-refractivity contribution in [2.24, 2.45) is 11.8 Å². The number of thioether (sulfide) groups is 1. The normalized spacial score (nSPS) is 25.4. The summed E-state index contributed by atoms with van der Waals surface area (Å²) in [5, 5.41) is 0. The van der Waals surface area contributed by atoms with Crippen LogP contribution in [0.2, 0.25) is 0 Å². The zero-order valence-corrected chi connectivity index (χ0v) is 9.27. The highest BCUT2D eigenvalue weighted by molar-refractivity contribution is 7.99. The van der Waals surface area contributed by atoms with Gasteiger partial charge in [0.1, 0.15) is 0 Å². The van der Waals surface area contributed by atoms with Crippen LogP contribution in [-0.2, 0) is 4.74 Å². The SMILES string of the molecule is CC(C)OCC(NN)C1CCSC1. The highest BCUT2D eigenvalue weighted by atomic mass is 32.2. The molecule has 0 amide bonds. The van der Waals surface area contributed by atoms with E-state index in [1.807, 2.05) is 11.8 Å². The average molecular weight is 204 g/mol. The number of hydrogen-bond acceptors (Lipinski definition) is 4. The molecule has 0 aromatic carbocycles. The molecule has 2 atom stereocenters. The second-order valence-corrected chi connectivity index (χ2v) is 4.93. The molecule has 0 aromatic rings. The third-order valence-electron chi connectivity index (χ3n) is 2.36. The van der Waals surface area contributed by atoms with E-state index >= 15 is 0 Å². The number of hydrogen-bond donors (Lipinski definition) is 2. The van der Waals surface area contributed by atoms with E-state index < -0.39 is 0 Å². The van der Waals surface area contributed by atoms with Crippen molar-refractivity contribution in [2.75, 3.05) is 18.1 Å². The quantitative estimate of drug-likeness (QED) is 0.518. The molecule has 0 spiro atoms. The van der Waals surface area contributed by atoms with Crippen molar-refractivity contribution in [3.05, 3.63) is 0 Å². The predicted molar refractivity (Wildman–Crippen MR) is 57.6 cm³/mol. The van der Waals surface area contributed by atoms with Crippen molar-refractivity contribution in [2.45, 2.75) is 32.4 Å². The molecule has 0 aliphatic carbocycles. The third kappa shape index (κ3) is 3.85. The first-order valence-corrected chi connectivity index (χ1v) is 6.05. The molecule has 0 aromatic heterocycles. The average Bonchev–Trinajstić information content (AvgIpc) is 2.58. The first-order chi connectivity index (χ1) is 6.24. The maximum Gasteiger partial charge on any atom is 0.0639 e. The van der Waals surface area contributed by atoms with Crippen molar-refractivity contribution in [3.8, 4) is 0 Å². The van der Waals surface area contributed by atoms with Gasteiger partial charge in [0, 0.05) is 6.04 Å². The number of nitrogens with two attached hydrogens (primary N) is 1. The summed E-state index contributed by atoms with van der Waals surface area (Å²) in [6, 6.07) is 0.331. The van der Waals surface area contributed by atoms with E-state index in [0.717, 1.165) is 6.61 Å². The predicted octanol–water partition coefficient (Wildman–Crippen LogP) is 0.996. The first-order valence-electron chi connectivity index (χ1n) is 4.89. The van der Waals surface area contributed by atoms with E-state index in [1.165, 1.54) is 17.9 Å². The lowest BCUT2D eigenvalue weighted by molar-refractivity contribution is 0.0508. The third-order valence-corrected chi connectivity index (χ3v) is 3.55. The standard InChI is InChI=1S/C9H20N2OS/c1-7(2)12-5-9(11-10)8-3-4-13-6-8/h7-9,11H,3-6,10H2,1-2H3. The molecule has 1 rings (SSSR count). The summed E-state index contributed by atoms with van der Waals surface area (Å²) in [5.41, 5.74) is 2.86. The van der Waals surface area contributed by atoms with Gasteiger partial charge in [-0.25, -0.2) is 0 Å². The zero-order chi connectivity index (χ0) is 9.68. The van der Waals surface area contributed by atoms with Crippen LogP contribution in [0.1, 0.15) is 20.3 Å². The van der Waals surface area contributed by atoms with Gasteiger partial charge in [-0.05, 0) is 37.7 Å². The van der Waals surface area contributed by atoms with Crippen LogP contribution in [0.3, 0.4) is 0 Å². The van der Waals surface area contributed by atoms with E-state index in [4.69, 9.17) is 10.6 Å². The number of hydrazine groups is 1. The van der Waals surface area contributed by atoms with Crippen LogP contribution in [0.25, 0.3) is 0 Å². The van der Waals surface area contributed by atoms with E-state index in [1.54, 1.807) is 0 Å². The molecular weight excluding hydrogens is 184 g/mol. The minimum atomic E-state index is 0.296. The molecule has 4 heteroatoms. The van der Waals surface area contributed by atoms with Gasteiger partial charge in [0.05, 0.1) is 12.7 Å². The van der Waals surface area contributed by atoms with E-state index in [2.05, 4.69) is 19.3 Å². The van der Waals surface area contributed by atoms with Gasteiger partial charge in [0.15, 0.2) is 0 Å². The van der Waals surface area contributed by atoms with E-state index in [-0.39, 0.29) is 0 Å². The van der Waals surface area contributed by atoms with Gasteiger partial charge in [0.2, 0.25) is 0 Å². The Hall–Kier alpha value is 0.230. The molecule has 1 aliphatic rings. The summed E-state index contributed by atoms with van der Waals surface area (Å²) in [5.74, 6) is 8.68. The van der Waals surface area contributed by atoms with Gasteiger partial charge in [-0.3, -0.25) is 11.3 Å². The molecule has 78 valence electrons. The minimum absolute atomic E-state index is 0.296. The Morgan fingerprint density at radius 1 is 1.62 bits per heavy atom. The lowest BCUT2D eigenvalue weighted by Gasteiger charge is -2.22. The monoisotopic (exact) mass is 204 g/mol. The molecule has 3 nitrogen and oxygen atoms in total. The van der Waals surface area contributed by atoms with Crippen LogP contribution in [0.15, 0.2) is 0 Å². The van der Waals surface area contributed by atoms with Gasteiger partial charge >= 0.3 is 0 Å². The Balaban J connectivity index is 2.24. The van der Waals surface area contributed by atoms with E-state index in [0.29, 0.717) is 18.1 Å². The molecule has 2 unspecified atom stereocenters. The topological polar surface area (TPSA) is 47.3 Å². The van der Waals surface area contributed by atoms with Crippen molar-refractivity contribution >= 4 is 11.8 Å². The van der Waals surface area contributed by atoms with E-state index in [9.17, 15) is 0 Å². The molecule has 1 fully saturated rings. The summed E-state index contributed by atoms with van der Waals surface area (Å²) in [6.45, 7) is 4.84. The van der Waals surface area contributed by atoms with Crippen LogP contribution in [0.5, 0.6) is 0 Å². The van der Waals surface area contributed by atoms with Crippen LogP contribution in [-0.4, -0.2) is 30.3 Å². The van der Waals surface area contributed by atoms with Crippen LogP contribution in [0.4, 0.5) is 0 Å². The van der Waals surface area contributed by atoms with Crippen molar-refractivity contribution in [1.29, 1.82) is 0 Å². The molecule has 1 aliphatic heterocycles. The fourth-order valence-corrected chi connectivity index (χ4v) is 2.82. The van der Waals surface area contributed by atoms with Gasteiger partial charge in [0.25, 0.3) is 0 Å². The highest BCUT2D eigenvalue weighted by Crippen LogP contribution is 2.26. The fraction of sp³-hybridized carbons (Fsp3) is 1.00. The van der Waals surface area contributed by atoms with Crippen molar-refractivity contribution in [1.82, 2.24) is 5.43 Å². The maximum atomic E-state index is 5.56. The van der Waals surface area contributed by atoms with Crippen LogP contribution in [0, 0.1) is 5.92 Å². The number of ether oxygens (including phenoxy) is 1. The number of rotatable bonds is 5. The van der Waals surface area contributed by atoms with Crippen molar-refractivity contribution < 1.29 is 4.74 Å². The summed E-state index contributed by atoms with van der Waals surface area (Å²) in [6.07, 6.45) is 1.56. The summed E-state index contributed by atoms with van der Waals surface area (Å²) < 4.78 is 5.56. The summed E-state index contributed by atoms with van der Waals surface area (Å²) in [4.78, 5) is 0. The van der Waals surface area contributed by atoms with Gasteiger partial charge in [-0.15, -0.1) is 0 Å². The van der Waals surface area contributed by atoms with Gasteiger partial charge in [-0.2, -0.15) is 11.8 Å². The van der Waals surface area contributed by atoms with Gasteiger partial charge < -0.3 is 4.74 Å². The molecule has 0 radical (unpaired) electrons. The molecular formula is C9H20N2OS. The molecule has 1 heterocycles. The second-order valence-electron chi connectivity index (χ2n) is 3.78. The smallest absolute Gasteiger partial charge is 0.0639 e. The molecule has 3 N–H and O–H groups in total. The minimum Gasteiger partial charge on any atom is -0.377 e. The highest BCUT2D eigenvalue weighted by Gasteiger charge is 2.24. The fourth-order valence-electron chi connectivity index (χ4n) is 1.49. The Morgan fingerprint density at radius 2 is 2.38 bits per heavy atom. The van der Waals surface area contributed by atoms with Crippen LogP contribution < -0.4 is 11.3 Å². The zero-order valence-electron chi connectivity index (χ0n) is 8.45. The Morgan fingerprint density at radius 3 is 2.85 bits per heavy atom. The maximum absolute atomic E-state index is 5.56. The molecule has 0 saturated carbocycles. The largest absolute Gasteiger partial charge is 0.377 e. The second kappa shape index (κ2) is 5.86. The first kappa shape index (κ1) is 11.3. The van der Waals surface area contributed by atoms with Crippen LogP contribution >= 0.6 is 11.8 Å².